The van der Waals surface area contributed by atoms with Gasteiger partial charge in [0, 0.05) is 18.7 Å². The van der Waals surface area contributed by atoms with Crippen LogP contribution in [-0.4, -0.2) is 49.9 Å². The molecule has 0 radical (unpaired) electrons. The van der Waals surface area contributed by atoms with E-state index in [1.54, 1.807) is 35.2 Å². The summed E-state index contributed by atoms with van der Waals surface area (Å²) < 4.78 is 21.5. The molecular weight excluding hydrogens is 350 g/mol. The monoisotopic (exact) mass is 369 g/mol. The highest BCUT2D eigenvalue weighted by atomic mass is 16.7. The average molecular weight is 369 g/mol. The molecule has 0 aliphatic carbocycles. The molecule has 1 amide bonds. The van der Waals surface area contributed by atoms with Crippen LogP contribution < -0.4 is 9.47 Å². The van der Waals surface area contributed by atoms with Gasteiger partial charge in [-0.15, -0.1) is 0 Å². The number of esters is 1. The Morgan fingerprint density at radius 3 is 2.48 bits per heavy atom. The second-order valence-corrected chi connectivity index (χ2v) is 6.20. The first-order valence-electron chi connectivity index (χ1n) is 8.74. The zero-order chi connectivity index (χ0) is 18.6. The summed E-state index contributed by atoms with van der Waals surface area (Å²) in [6.45, 7) is 2.02. The summed E-state index contributed by atoms with van der Waals surface area (Å²) in [5.41, 5.74) is 0.929. The van der Waals surface area contributed by atoms with E-state index < -0.39 is 12.1 Å². The summed E-state index contributed by atoms with van der Waals surface area (Å²) in [6.07, 6.45) is -1.01. The highest BCUT2D eigenvalue weighted by molar-refractivity contribution is 5.93. The average Bonchev–Trinajstić information content (AvgIpc) is 3.20. The predicted molar refractivity (Wildman–Crippen MR) is 94.6 cm³/mol. The Bertz CT molecular complexity index is 832. The van der Waals surface area contributed by atoms with Crippen molar-refractivity contribution in [3.63, 3.8) is 0 Å². The first-order chi connectivity index (χ1) is 13.2. The van der Waals surface area contributed by atoms with Crippen LogP contribution in [0.4, 0.5) is 0 Å². The van der Waals surface area contributed by atoms with Crippen molar-refractivity contribution in [1.82, 2.24) is 4.90 Å². The van der Waals surface area contributed by atoms with Crippen LogP contribution in [-0.2, 0) is 14.3 Å². The van der Waals surface area contributed by atoms with Gasteiger partial charge in [0.2, 0.25) is 12.9 Å². The molecule has 7 heteroatoms. The maximum atomic E-state index is 13.0. The normalized spacial score (nSPS) is 16.7. The minimum atomic E-state index is -1.01. The Kier molecular flexibility index (Phi) is 4.93. The van der Waals surface area contributed by atoms with Gasteiger partial charge < -0.3 is 23.8 Å². The molecule has 0 saturated carbocycles. The van der Waals surface area contributed by atoms with E-state index in [9.17, 15) is 9.59 Å². The third-order valence-corrected chi connectivity index (χ3v) is 4.48. The molecular formula is C20H19NO6. The SMILES string of the molecule is O=C(OC(C(=O)N1CCOCC1)c1ccccc1)c1ccc2c(c1)OCO2. The molecule has 140 valence electrons. The van der Waals surface area contributed by atoms with Gasteiger partial charge in [0.25, 0.3) is 5.91 Å². The second-order valence-electron chi connectivity index (χ2n) is 6.20. The number of fused-ring (bicyclic) bond motifs is 1. The van der Waals surface area contributed by atoms with Crippen LogP contribution >= 0.6 is 0 Å². The van der Waals surface area contributed by atoms with E-state index >= 15 is 0 Å². The zero-order valence-electron chi connectivity index (χ0n) is 14.6. The fourth-order valence-corrected chi connectivity index (χ4v) is 3.04. The molecule has 0 aromatic heterocycles. The number of carbonyl (C=O) groups excluding carboxylic acids is 2. The van der Waals surface area contributed by atoms with E-state index in [4.69, 9.17) is 18.9 Å². The van der Waals surface area contributed by atoms with E-state index in [1.807, 2.05) is 18.2 Å². The summed E-state index contributed by atoms with van der Waals surface area (Å²) in [4.78, 5) is 27.4. The standard InChI is InChI=1S/C20H19NO6/c22-19(21-8-10-24-11-9-21)18(14-4-2-1-3-5-14)27-20(23)15-6-7-16-17(12-15)26-13-25-16/h1-7,12,18H,8-11,13H2. The van der Waals surface area contributed by atoms with Gasteiger partial charge in [-0.3, -0.25) is 4.79 Å². The van der Waals surface area contributed by atoms with Crippen molar-refractivity contribution in [2.45, 2.75) is 6.10 Å². The van der Waals surface area contributed by atoms with Crippen LogP contribution in [0.1, 0.15) is 22.0 Å². The Morgan fingerprint density at radius 1 is 0.963 bits per heavy atom. The van der Waals surface area contributed by atoms with Crippen molar-refractivity contribution in [3.8, 4) is 11.5 Å². The van der Waals surface area contributed by atoms with E-state index in [0.717, 1.165) is 0 Å². The lowest BCUT2D eigenvalue weighted by atomic mass is 10.1. The third-order valence-electron chi connectivity index (χ3n) is 4.48. The van der Waals surface area contributed by atoms with Crippen molar-refractivity contribution < 1.29 is 28.5 Å². The maximum Gasteiger partial charge on any atom is 0.339 e. The topological polar surface area (TPSA) is 74.3 Å². The largest absolute Gasteiger partial charge is 0.454 e. The summed E-state index contributed by atoms with van der Waals surface area (Å²) in [6, 6.07) is 13.8. The molecule has 1 fully saturated rings. The molecule has 27 heavy (non-hydrogen) atoms. The molecule has 1 unspecified atom stereocenters. The number of nitrogens with zero attached hydrogens (tertiary/aromatic N) is 1. The lowest BCUT2D eigenvalue weighted by Gasteiger charge is -2.30. The second kappa shape index (κ2) is 7.67. The lowest BCUT2D eigenvalue weighted by Crippen LogP contribution is -2.44. The number of carbonyl (C=O) groups is 2. The Morgan fingerprint density at radius 2 is 1.70 bits per heavy atom. The fourth-order valence-electron chi connectivity index (χ4n) is 3.04. The van der Waals surface area contributed by atoms with Crippen LogP contribution in [0.25, 0.3) is 0 Å². The van der Waals surface area contributed by atoms with Gasteiger partial charge in [-0.1, -0.05) is 30.3 Å². The minimum Gasteiger partial charge on any atom is -0.454 e. The first kappa shape index (κ1) is 17.4. The number of amides is 1. The van der Waals surface area contributed by atoms with Crippen molar-refractivity contribution in [2.75, 3.05) is 33.1 Å². The summed E-state index contributed by atoms with van der Waals surface area (Å²) in [7, 11) is 0. The molecule has 2 aliphatic heterocycles. The zero-order valence-corrected chi connectivity index (χ0v) is 14.6. The van der Waals surface area contributed by atoms with Crippen molar-refractivity contribution in [3.05, 3.63) is 59.7 Å². The highest BCUT2D eigenvalue weighted by Crippen LogP contribution is 2.33. The molecule has 0 N–H and O–H groups in total. The maximum absolute atomic E-state index is 13.0. The first-order valence-corrected chi connectivity index (χ1v) is 8.74. The molecule has 4 rings (SSSR count). The van der Waals surface area contributed by atoms with E-state index in [1.165, 1.54) is 0 Å². The van der Waals surface area contributed by atoms with Gasteiger partial charge in [-0.25, -0.2) is 4.79 Å². The van der Waals surface area contributed by atoms with Gasteiger partial charge in [-0.2, -0.15) is 0 Å². The Labute approximate surface area is 156 Å². The molecule has 7 nitrogen and oxygen atoms in total. The molecule has 1 saturated heterocycles. The molecule has 2 aromatic rings. The lowest BCUT2D eigenvalue weighted by molar-refractivity contribution is -0.145. The van der Waals surface area contributed by atoms with Crippen molar-refractivity contribution in [2.24, 2.45) is 0 Å². The van der Waals surface area contributed by atoms with Crippen LogP contribution in [0.5, 0.6) is 11.5 Å². The number of hydrogen-bond acceptors (Lipinski definition) is 6. The van der Waals surface area contributed by atoms with Gasteiger partial charge in [0.15, 0.2) is 11.5 Å². The summed E-state index contributed by atoms with van der Waals surface area (Å²) in [5, 5.41) is 0. The van der Waals surface area contributed by atoms with Crippen molar-refractivity contribution >= 4 is 11.9 Å². The van der Waals surface area contributed by atoms with Crippen LogP contribution in [0, 0.1) is 0 Å². The quantitative estimate of drug-likeness (QED) is 0.769. The Hall–Kier alpha value is -3.06. The van der Waals surface area contributed by atoms with Gasteiger partial charge in [0.1, 0.15) is 0 Å². The number of ether oxygens (including phenoxy) is 4. The number of benzene rings is 2. The van der Waals surface area contributed by atoms with Crippen LogP contribution in [0.2, 0.25) is 0 Å². The molecule has 2 heterocycles. The van der Waals surface area contributed by atoms with Crippen LogP contribution in [0.3, 0.4) is 0 Å². The summed E-state index contributed by atoms with van der Waals surface area (Å²) in [5.74, 6) is 0.220. The van der Waals surface area contributed by atoms with Gasteiger partial charge in [0.05, 0.1) is 18.8 Å². The van der Waals surface area contributed by atoms with E-state index in [2.05, 4.69) is 0 Å². The molecule has 0 bridgehead atoms. The molecule has 0 spiro atoms. The van der Waals surface area contributed by atoms with Gasteiger partial charge >= 0.3 is 5.97 Å². The van der Waals surface area contributed by atoms with Crippen molar-refractivity contribution in [1.29, 1.82) is 0 Å². The number of rotatable bonds is 4. The Balaban J connectivity index is 1.57. The third kappa shape index (κ3) is 3.73. The number of morpholine rings is 1. The van der Waals surface area contributed by atoms with E-state index in [-0.39, 0.29) is 12.7 Å². The van der Waals surface area contributed by atoms with Gasteiger partial charge in [-0.05, 0) is 18.2 Å². The smallest absolute Gasteiger partial charge is 0.339 e. The number of hydrogen-bond donors (Lipinski definition) is 0. The molecule has 1 atom stereocenters. The summed E-state index contributed by atoms with van der Waals surface area (Å²) >= 11 is 0. The molecule has 2 aliphatic rings. The fraction of sp³-hybridized carbons (Fsp3) is 0.300. The minimum absolute atomic E-state index is 0.121. The van der Waals surface area contributed by atoms with E-state index in [0.29, 0.717) is 48.9 Å². The highest BCUT2D eigenvalue weighted by Gasteiger charge is 2.31. The van der Waals surface area contributed by atoms with Crippen LogP contribution in [0.15, 0.2) is 48.5 Å². The molecule has 2 aromatic carbocycles. The predicted octanol–water partition coefficient (Wildman–Crippen LogP) is 2.17.